The molecule has 0 aromatic heterocycles. The van der Waals surface area contributed by atoms with Crippen LogP contribution in [0.25, 0.3) is 0 Å². The Morgan fingerprint density at radius 2 is 1.30 bits per heavy atom. The quantitative estimate of drug-likeness (QED) is 0.358. The standard InChI is InChI=1S/C26H26N2O5/c29-24(27-21-14-12-20(13-15-21)25(30)31)23(17-19-9-5-2-6-10-19)28-22(26(32)33)16-11-18-7-3-1-4-8-18/h1-10,12-15,22-23,28H,11,16-17H2,(H,27,29)(H,30,31)(H,32,33)/t22-,23+/m1/s1. The highest BCUT2D eigenvalue weighted by molar-refractivity contribution is 5.96. The predicted octanol–water partition coefficient (Wildman–Crippen LogP) is 3.61. The summed E-state index contributed by atoms with van der Waals surface area (Å²) in [4.78, 5) is 36.1. The maximum atomic E-state index is 13.1. The number of nitrogens with one attached hydrogen (secondary N) is 2. The Labute approximate surface area is 192 Å². The van der Waals surface area contributed by atoms with Crippen molar-refractivity contribution in [2.24, 2.45) is 0 Å². The van der Waals surface area contributed by atoms with Gasteiger partial charge in [-0.2, -0.15) is 0 Å². The van der Waals surface area contributed by atoms with Gasteiger partial charge in [-0.1, -0.05) is 60.7 Å². The Morgan fingerprint density at radius 1 is 0.727 bits per heavy atom. The van der Waals surface area contributed by atoms with E-state index in [9.17, 15) is 19.5 Å². The van der Waals surface area contributed by atoms with Crippen LogP contribution in [0.15, 0.2) is 84.9 Å². The molecule has 0 saturated heterocycles. The highest BCUT2D eigenvalue weighted by Gasteiger charge is 2.26. The van der Waals surface area contributed by atoms with Crippen LogP contribution in [0.2, 0.25) is 0 Å². The maximum Gasteiger partial charge on any atom is 0.335 e. The molecule has 2 atom stereocenters. The smallest absolute Gasteiger partial charge is 0.335 e. The first-order valence-electron chi connectivity index (χ1n) is 10.6. The molecule has 3 rings (SSSR count). The lowest BCUT2D eigenvalue weighted by atomic mass is 10.0. The van der Waals surface area contributed by atoms with Crippen LogP contribution >= 0.6 is 0 Å². The van der Waals surface area contributed by atoms with E-state index in [0.29, 0.717) is 24.9 Å². The molecule has 1 amide bonds. The van der Waals surface area contributed by atoms with Crippen molar-refractivity contribution in [3.05, 3.63) is 102 Å². The maximum absolute atomic E-state index is 13.1. The summed E-state index contributed by atoms with van der Waals surface area (Å²) in [5.74, 6) is -2.48. The van der Waals surface area contributed by atoms with Crippen molar-refractivity contribution < 1.29 is 24.6 Å². The third-order valence-corrected chi connectivity index (χ3v) is 5.26. The summed E-state index contributed by atoms with van der Waals surface area (Å²) < 4.78 is 0. The van der Waals surface area contributed by atoms with E-state index in [4.69, 9.17) is 5.11 Å². The van der Waals surface area contributed by atoms with E-state index in [1.54, 1.807) is 0 Å². The molecule has 7 heteroatoms. The van der Waals surface area contributed by atoms with E-state index in [0.717, 1.165) is 11.1 Å². The first-order valence-corrected chi connectivity index (χ1v) is 10.6. The lowest BCUT2D eigenvalue weighted by Crippen LogP contribution is -2.50. The number of carboxylic acids is 2. The minimum atomic E-state index is -1.06. The number of benzene rings is 3. The number of carbonyl (C=O) groups is 3. The van der Waals surface area contributed by atoms with Crippen LogP contribution in [-0.4, -0.2) is 40.1 Å². The van der Waals surface area contributed by atoms with Crippen LogP contribution in [0.4, 0.5) is 5.69 Å². The van der Waals surface area contributed by atoms with Crippen molar-refractivity contribution in [1.82, 2.24) is 5.32 Å². The SMILES string of the molecule is O=C(O)c1ccc(NC(=O)[C@H](Cc2ccccc2)N[C@H](CCc2ccccc2)C(=O)O)cc1. The number of aliphatic carboxylic acids is 1. The molecule has 0 aliphatic heterocycles. The Bertz CT molecular complexity index is 1070. The summed E-state index contributed by atoms with van der Waals surface area (Å²) in [7, 11) is 0. The van der Waals surface area contributed by atoms with Gasteiger partial charge in [0.1, 0.15) is 6.04 Å². The molecule has 0 aliphatic rings. The lowest BCUT2D eigenvalue weighted by molar-refractivity contribution is -0.140. The van der Waals surface area contributed by atoms with Crippen molar-refractivity contribution in [2.45, 2.75) is 31.3 Å². The molecule has 0 spiro atoms. The van der Waals surface area contributed by atoms with Gasteiger partial charge in [0, 0.05) is 5.69 Å². The molecule has 0 fully saturated rings. The number of aromatic carboxylic acids is 1. The van der Waals surface area contributed by atoms with Crippen molar-refractivity contribution in [2.75, 3.05) is 5.32 Å². The number of hydrogen-bond donors (Lipinski definition) is 4. The minimum absolute atomic E-state index is 0.110. The highest BCUT2D eigenvalue weighted by Crippen LogP contribution is 2.13. The van der Waals surface area contributed by atoms with Crippen LogP contribution < -0.4 is 10.6 Å². The third-order valence-electron chi connectivity index (χ3n) is 5.26. The van der Waals surface area contributed by atoms with Gasteiger partial charge in [0.25, 0.3) is 0 Å². The third kappa shape index (κ3) is 7.29. The molecule has 3 aromatic rings. The first-order chi connectivity index (χ1) is 15.9. The summed E-state index contributed by atoms with van der Waals surface area (Å²) in [5, 5.41) is 24.6. The zero-order valence-corrected chi connectivity index (χ0v) is 18.0. The Hall–Kier alpha value is -3.97. The van der Waals surface area contributed by atoms with Crippen LogP contribution in [0.5, 0.6) is 0 Å². The zero-order chi connectivity index (χ0) is 23.6. The minimum Gasteiger partial charge on any atom is -0.480 e. The summed E-state index contributed by atoms with van der Waals surface area (Å²) in [6.45, 7) is 0. The van der Waals surface area contributed by atoms with Gasteiger partial charge in [0.2, 0.25) is 5.91 Å². The molecule has 0 aliphatic carbocycles. The normalized spacial score (nSPS) is 12.5. The van der Waals surface area contributed by atoms with E-state index < -0.39 is 29.9 Å². The molecule has 33 heavy (non-hydrogen) atoms. The zero-order valence-electron chi connectivity index (χ0n) is 18.0. The van der Waals surface area contributed by atoms with Crippen molar-refractivity contribution >= 4 is 23.5 Å². The van der Waals surface area contributed by atoms with Gasteiger partial charge in [-0.15, -0.1) is 0 Å². The number of carboxylic acid groups (broad SMARTS) is 2. The Balaban J connectivity index is 1.74. The van der Waals surface area contributed by atoms with Crippen molar-refractivity contribution in [3.63, 3.8) is 0 Å². The average molecular weight is 447 g/mol. The Kier molecular flexibility index (Phi) is 8.32. The van der Waals surface area contributed by atoms with E-state index in [-0.39, 0.29) is 5.56 Å². The van der Waals surface area contributed by atoms with Crippen molar-refractivity contribution in [3.8, 4) is 0 Å². The first kappa shape index (κ1) is 23.7. The number of aryl methyl sites for hydroxylation is 1. The number of amides is 1. The molecule has 170 valence electrons. The molecule has 0 radical (unpaired) electrons. The lowest BCUT2D eigenvalue weighted by Gasteiger charge is -2.23. The average Bonchev–Trinajstić information content (AvgIpc) is 2.82. The fraction of sp³-hybridized carbons (Fsp3) is 0.192. The van der Waals surface area contributed by atoms with Crippen LogP contribution in [0.1, 0.15) is 27.9 Å². The van der Waals surface area contributed by atoms with E-state index >= 15 is 0 Å². The molecule has 0 bridgehead atoms. The van der Waals surface area contributed by atoms with E-state index in [1.807, 2.05) is 60.7 Å². The molecule has 0 saturated carbocycles. The molecule has 3 aromatic carbocycles. The second kappa shape index (κ2) is 11.6. The fourth-order valence-corrected chi connectivity index (χ4v) is 3.48. The summed E-state index contributed by atoms with van der Waals surface area (Å²) in [6.07, 6.45) is 1.18. The van der Waals surface area contributed by atoms with Gasteiger partial charge < -0.3 is 15.5 Å². The summed E-state index contributed by atoms with van der Waals surface area (Å²) in [6, 6.07) is 23.0. The molecule has 0 heterocycles. The fourth-order valence-electron chi connectivity index (χ4n) is 3.48. The molecule has 4 N–H and O–H groups in total. The largest absolute Gasteiger partial charge is 0.480 e. The van der Waals surface area contributed by atoms with Gasteiger partial charge >= 0.3 is 11.9 Å². The van der Waals surface area contributed by atoms with E-state index in [1.165, 1.54) is 24.3 Å². The Morgan fingerprint density at radius 3 is 1.85 bits per heavy atom. The molecular weight excluding hydrogens is 420 g/mol. The highest BCUT2D eigenvalue weighted by atomic mass is 16.4. The van der Waals surface area contributed by atoms with Gasteiger partial charge in [0.15, 0.2) is 0 Å². The van der Waals surface area contributed by atoms with Gasteiger partial charge in [-0.3, -0.25) is 14.9 Å². The van der Waals surface area contributed by atoms with Gasteiger partial charge in [-0.05, 0) is 54.7 Å². The number of hydrogen-bond acceptors (Lipinski definition) is 4. The van der Waals surface area contributed by atoms with E-state index in [2.05, 4.69) is 10.6 Å². The van der Waals surface area contributed by atoms with Crippen molar-refractivity contribution in [1.29, 1.82) is 0 Å². The number of anilines is 1. The molecular formula is C26H26N2O5. The number of carbonyl (C=O) groups excluding carboxylic acids is 1. The number of rotatable bonds is 11. The predicted molar refractivity (Wildman–Crippen MR) is 125 cm³/mol. The van der Waals surface area contributed by atoms with Crippen LogP contribution in [0, 0.1) is 0 Å². The summed E-state index contributed by atoms with van der Waals surface area (Å²) in [5.41, 5.74) is 2.45. The monoisotopic (exact) mass is 446 g/mol. The van der Waals surface area contributed by atoms with Crippen LogP contribution in [-0.2, 0) is 22.4 Å². The van der Waals surface area contributed by atoms with Crippen LogP contribution in [0.3, 0.4) is 0 Å². The second-order valence-electron chi connectivity index (χ2n) is 7.70. The molecule has 0 unspecified atom stereocenters. The van der Waals surface area contributed by atoms with Gasteiger partial charge in [0.05, 0.1) is 11.6 Å². The summed E-state index contributed by atoms with van der Waals surface area (Å²) >= 11 is 0. The second-order valence-corrected chi connectivity index (χ2v) is 7.70. The van der Waals surface area contributed by atoms with Gasteiger partial charge in [-0.25, -0.2) is 4.79 Å². The molecule has 7 nitrogen and oxygen atoms in total. The topological polar surface area (TPSA) is 116 Å².